The highest BCUT2D eigenvalue weighted by Crippen LogP contribution is 2.30. The number of carbonyl (C=O) groups is 1. The zero-order valence-corrected chi connectivity index (χ0v) is 16.5. The molecule has 7 heteroatoms. The van der Waals surface area contributed by atoms with Crippen LogP contribution in [-0.4, -0.2) is 21.2 Å². The first kappa shape index (κ1) is 20.7. The van der Waals surface area contributed by atoms with Gasteiger partial charge in [0.1, 0.15) is 12.5 Å². The Labute approximate surface area is 169 Å². The normalized spacial score (nSPS) is 14.4. The molecule has 0 radical (unpaired) electrons. The largest absolute Gasteiger partial charge is 0.460 e. The Morgan fingerprint density at radius 1 is 1.10 bits per heavy atom. The average molecular weight is 395 g/mol. The summed E-state index contributed by atoms with van der Waals surface area (Å²) in [4.78, 5) is 16.9. The fraction of sp³-hybridized carbons (Fsp3) is 0.318. The van der Waals surface area contributed by atoms with Crippen LogP contribution in [0.3, 0.4) is 0 Å². The number of nitrogens with zero attached hydrogens (tertiary/aromatic N) is 2. The second kappa shape index (κ2) is 8.98. The molecule has 7 nitrogen and oxygen atoms in total. The van der Waals surface area contributed by atoms with Gasteiger partial charge in [-0.2, -0.15) is 4.98 Å². The van der Waals surface area contributed by atoms with Gasteiger partial charge in [-0.15, -0.1) is 0 Å². The molecule has 0 amide bonds. The molecule has 0 bridgehead atoms. The molecule has 0 spiro atoms. The van der Waals surface area contributed by atoms with E-state index in [-0.39, 0.29) is 18.3 Å². The molecule has 0 saturated carbocycles. The van der Waals surface area contributed by atoms with E-state index < -0.39 is 17.6 Å². The monoisotopic (exact) mass is 395 g/mol. The standard InChI is InChI=1S/C22H25N3O4/c1-15(2)19(20(26)28-14-17-11-7-4-8-12-17)22(23,27)21-24-18(29-25-21)13-16-9-5-3-6-10-16/h3-12,15,19,27H,13-14,23H2,1-2H3/t19-,22?/m1/s1. The van der Waals surface area contributed by atoms with Crippen molar-refractivity contribution in [2.45, 2.75) is 32.6 Å². The minimum Gasteiger partial charge on any atom is -0.460 e. The number of nitrogens with two attached hydrogens (primary N) is 1. The van der Waals surface area contributed by atoms with Crippen molar-refractivity contribution in [1.29, 1.82) is 0 Å². The number of benzene rings is 2. The van der Waals surface area contributed by atoms with Gasteiger partial charge in [0.05, 0.1) is 6.42 Å². The van der Waals surface area contributed by atoms with Crippen molar-refractivity contribution in [1.82, 2.24) is 10.1 Å². The van der Waals surface area contributed by atoms with Crippen molar-refractivity contribution in [3.63, 3.8) is 0 Å². The predicted octanol–water partition coefficient (Wildman–Crippen LogP) is 2.78. The van der Waals surface area contributed by atoms with Gasteiger partial charge in [0.15, 0.2) is 5.72 Å². The van der Waals surface area contributed by atoms with Gasteiger partial charge in [0.25, 0.3) is 0 Å². The third-order valence-electron chi connectivity index (χ3n) is 4.64. The molecule has 1 heterocycles. The summed E-state index contributed by atoms with van der Waals surface area (Å²) in [6.45, 7) is 3.64. The van der Waals surface area contributed by atoms with Crippen LogP contribution in [0.1, 0.15) is 36.7 Å². The van der Waals surface area contributed by atoms with Gasteiger partial charge < -0.3 is 14.4 Å². The van der Waals surface area contributed by atoms with Crippen LogP contribution < -0.4 is 5.73 Å². The molecule has 3 rings (SSSR count). The van der Waals surface area contributed by atoms with E-state index in [0.29, 0.717) is 12.3 Å². The van der Waals surface area contributed by atoms with Crippen molar-refractivity contribution in [2.75, 3.05) is 0 Å². The highest BCUT2D eigenvalue weighted by Gasteiger charge is 2.46. The fourth-order valence-corrected chi connectivity index (χ4v) is 3.18. The zero-order chi connectivity index (χ0) is 20.9. The Bertz CT molecular complexity index is 924. The van der Waals surface area contributed by atoms with Crippen LogP contribution in [0.4, 0.5) is 0 Å². The number of aromatic nitrogens is 2. The second-order valence-corrected chi connectivity index (χ2v) is 7.31. The van der Waals surface area contributed by atoms with Crippen LogP contribution in [0.2, 0.25) is 0 Å². The smallest absolute Gasteiger partial charge is 0.314 e. The number of ether oxygens (including phenoxy) is 1. The molecule has 2 aromatic carbocycles. The maximum absolute atomic E-state index is 12.7. The molecule has 0 saturated heterocycles. The van der Waals surface area contributed by atoms with E-state index in [2.05, 4.69) is 10.1 Å². The number of rotatable bonds is 8. The summed E-state index contributed by atoms with van der Waals surface area (Å²) >= 11 is 0. The van der Waals surface area contributed by atoms with E-state index in [1.807, 2.05) is 60.7 Å². The summed E-state index contributed by atoms with van der Waals surface area (Å²) in [7, 11) is 0. The topological polar surface area (TPSA) is 111 Å². The quantitative estimate of drug-likeness (QED) is 0.445. The van der Waals surface area contributed by atoms with Gasteiger partial charge in [-0.05, 0) is 17.0 Å². The lowest BCUT2D eigenvalue weighted by atomic mass is 9.85. The lowest BCUT2D eigenvalue weighted by molar-refractivity contribution is -0.165. The van der Waals surface area contributed by atoms with Crippen LogP contribution in [0, 0.1) is 11.8 Å². The molecule has 0 aliphatic heterocycles. The van der Waals surface area contributed by atoms with Crippen molar-refractivity contribution in [3.8, 4) is 0 Å². The fourth-order valence-electron chi connectivity index (χ4n) is 3.18. The lowest BCUT2D eigenvalue weighted by Crippen LogP contribution is -2.51. The van der Waals surface area contributed by atoms with Gasteiger partial charge in [-0.3, -0.25) is 10.5 Å². The van der Waals surface area contributed by atoms with Crippen LogP contribution in [-0.2, 0) is 28.3 Å². The van der Waals surface area contributed by atoms with E-state index in [1.165, 1.54) is 0 Å². The Morgan fingerprint density at radius 3 is 2.28 bits per heavy atom. The maximum Gasteiger partial charge on any atom is 0.314 e. The molecule has 29 heavy (non-hydrogen) atoms. The summed E-state index contributed by atoms with van der Waals surface area (Å²) in [6.07, 6.45) is 0.398. The highest BCUT2D eigenvalue weighted by molar-refractivity contribution is 5.74. The molecule has 2 atom stereocenters. The Balaban J connectivity index is 1.74. The molecule has 3 aromatic rings. The average Bonchev–Trinajstić information content (AvgIpc) is 3.17. The molecular weight excluding hydrogens is 370 g/mol. The predicted molar refractivity (Wildman–Crippen MR) is 106 cm³/mol. The Hall–Kier alpha value is -3.03. The van der Waals surface area contributed by atoms with Crippen LogP contribution in [0.15, 0.2) is 65.2 Å². The number of esters is 1. The lowest BCUT2D eigenvalue weighted by Gasteiger charge is -2.30. The summed E-state index contributed by atoms with van der Waals surface area (Å²) in [5.41, 5.74) is 5.82. The molecule has 0 aliphatic rings. The number of hydrogen-bond donors (Lipinski definition) is 2. The zero-order valence-electron chi connectivity index (χ0n) is 16.5. The summed E-state index contributed by atoms with van der Waals surface area (Å²) in [5, 5.41) is 14.8. The molecule has 0 fully saturated rings. The minimum atomic E-state index is -2.12. The van der Waals surface area contributed by atoms with E-state index in [4.69, 9.17) is 15.0 Å². The first-order valence-electron chi connectivity index (χ1n) is 9.46. The second-order valence-electron chi connectivity index (χ2n) is 7.31. The first-order valence-corrected chi connectivity index (χ1v) is 9.46. The molecular formula is C22H25N3O4. The SMILES string of the molecule is CC(C)[C@H](C(=O)OCc1ccccc1)C(N)(O)c1noc(Cc2ccccc2)n1. The van der Waals surface area contributed by atoms with Crippen molar-refractivity contribution >= 4 is 5.97 Å². The maximum atomic E-state index is 12.7. The van der Waals surface area contributed by atoms with E-state index in [9.17, 15) is 9.90 Å². The Morgan fingerprint density at radius 2 is 1.69 bits per heavy atom. The number of hydrogen-bond acceptors (Lipinski definition) is 7. The summed E-state index contributed by atoms with van der Waals surface area (Å²) in [6, 6.07) is 18.9. The number of aliphatic hydroxyl groups is 1. The van der Waals surface area contributed by atoms with E-state index in [1.54, 1.807) is 13.8 Å². The van der Waals surface area contributed by atoms with Gasteiger partial charge in [0, 0.05) is 0 Å². The van der Waals surface area contributed by atoms with Crippen molar-refractivity contribution in [2.24, 2.45) is 17.6 Å². The van der Waals surface area contributed by atoms with Crippen LogP contribution in [0.25, 0.3) is 0 Å². The summed E-state index contributed by atoms with van der Waals surface area (Å²) < 4.78 is 10.6. The van der Waals surface area contributed by atoms with E-state index >= 15 is 0 Å². The summed E-state index contributed by atoms with van der Waals surface area (Å²) in [5.74, 6) is -1.84. The third kappa shape index (κ3) is 5.07. The molecule has 1 aromatic heterocycles. The Kier molecular flexibility index (Phi) is 6.41. The van der Waals surface area contributed by atoms with Gasteiger partial charge in [-0.1, -0.05) is 79.7 Å². The van der Waals surface area contributed by atoms with Crippen molar-refractivity contribution in [3.05, 3.63) is 83.5 Å². The van der Waals surface area contributed by atoms with Gasteiger partial charge in [-0.25, -0.2) is 0 Å². The molecule has 0 aliphatic carbocycles. The minimum absolute atomic E-state index is 0.0878. The van der Waals surface area contributed by atoms with Crippen LogP contribution >= 0.6 is 0 Å². The highest BCUT2D eigenvalue weighted by atomic mass is 16.5. The van der Waals surface area contributed by atoms with Gasteiger partial charge >= 0.3 is 5.97 Å². The molecule has 3 N–H and O–H groups in total. The molecule has 152 valence electrons. The molecule has 1 unspecified atom stereocenters. The van der Waals surface area contributed by atoms with E-state index in [0.717, 1.165) is 11.1 Å². The first-order chi connectivity index (χ1) is 13.9. The van der Waals surface area contributed by atoms with Gasteiger partial charge in [0.2, 0.25) is 11.7 Å². The number of carbonyl (C=O) groups excluding carboxylic acids is 1. The van der Waals surface area contributed by atoms with Crippen molar-refractivity contribution < 1.29 is 19.2 Å². The van der Waals surface area contributed by atoms with Crippen LogP contribution in [0.5, 0.6) is 0 Å². The third-order valence-corrected chi connectivity index (χ3v) is 4.64.